The number of hydrogen-bond donors (Lipinski definition) is 6. The van der Waals surface area contributed by atoms with Crippen molar-refractivity contribution in [1.82, 2.24) is 59.8 Å². The zero-order chi connectivity index (χ0) is 24.9. The molecule has 0 aliphatic heterocycles. The summed E-state index contributed by atoms with van der Waals surface area (Å²) in [6, 6.07) is 0. The van der Waals surface area contributed by atoms with Gasteiger partial charge in [0.05, 0.1) is 0 Å². The Bertz CT molecular complexity index is 1140. The molecule has 0 aromatic carbocycles. The fraction of sp³-hybridized carbons (Fsp3) is 0. The van der Waals surface area contributed by atoms with Gasteiger partial charge in [0, 0.05) is 84.8 Å². The van der Waals surface area contributed by atoms with Crippen LogP contribution >= 0.6 is 0 Å². The van der Waals surface area contributed by atoms with Crippen LogP contribution in [0.4, 0.5) is 0 Å². The van der Waals surface area contributed by atoms with Gasteiger partial charge in [0.15, 0.2) is 34.9 Å². The molecule has 0 saturated heterocycles. The number of aromatic nitrogens is 12. The van der Waals surface area contributed by atoms with E-state index < -0.39 is 10.4 Å². The molecule has 6 heterocycles. The SMILES string of the molecule is O=S(=O)([O-])[O-].[Mn+2].c1c[nH]c(-c2ncc[nH]2)n1.c1c[nH]c(-c2ncc[nH]2)n1.c1c[nH]c(-c2ncc[nH]2)n1. The minimum atomic E-state index is -5.17. The molecule has 0 fully saturated rings. The van der Waals surface area contributed by atoms with Crippen molar-refractivity contribution in [3.05, 3.63) is 74.4 Å². The minimum Gasteiger partial charge on any atom is -0.759 e. The molecular formula is C18H18MnN12O4S. The third-order valence-electron chi connectivity index (χ3n) is 3.66. The van der Waals surface area contributed by atoms with Gasteiger partial charge in [0.25, 0.3) is 0 Å². The summed E-state index contributed by atoms with van der Waals surface area (Å²) in [4.78, 5) is 41.7. The van der Waals surface area contributed by atoms with Crippen molar-refractivity contribution in [3.8, 4) is 34.9 Å². The summed E-state index contributed by atoms with van der Waals surface area (Å²) in [7, 11) is -5.17. The number of rotatable bonds is 3. The van der Waals surface area contributed by atoms with Crippen LogP contribution in [0, 0.1) is 0 Å². The van der Waals surface area contributed by atoms with Gasteiger partial charge in [-0.2, -0.15) is 0 Å². The fourth-order valence-electron chi connectivity index (χ4n) is 2.37. The molecule has 0 saturated carbocycles. The van der Waals surface area contributed by atoms with Gasteiger partial charge in [-0.05, 0) is 0 Å². The van der Waals surface area contributed by atoms with E-state index in [4.69, 9.17) is 17.5 Å². The predicted molar refractivity (Wildman–Crippen MR) is 119 cm³/mol. The van der Waals surface area contributed by atoms with Crippen molar-refractivity contribution < 1.29 is 34.6 Å². The van der Waals surface area contributed by atoms with Crippen LogP contribution in [0.1, 0.15) is 0 Å². The van der Waals surface area contributed by atoms with Crippen LogP contribution in [0.5, 0.6) is 0 Å². The maximum Gasteiger partial charge on any atom is 2.00 e. The molecule has 0 atom stereocenters. The number of nitrogens with zero attached hydrogens (tertiary/aromatic N) is 6. The first kappa shape index (κ1) is 27.9. The third-order valence-corrected chi connectivity index (χ3v) is 3.66. The number of imidazole rings is 6. The molecule has 36 heavy (non-hydrogen) atoms. The number of aromatic amines is 6. The molecule has 187 valence electrons. The molecule has 0 aliphatic carbocycles. The molecule has 18 heteroatoms. The molecule has 6 aromatic heterocycles. The van der Waals surface area contributed by atoms with Crippen molar-refractivity contribution in [2.24, 2.45) is 0 Å². The zero-order valence-electron chi connectivity index (χ0n) is 18.0. The van der Waals surface area contributed by atoms with E-state index in [2.05, 4.69) is 59.8 Å². The molecule has 0 amide bonds. The summed E-state index contributed by atoms with van der Waals surface area (Å²) in [5.41, 5.74) is 0. The molecule has 16 nitrogen and oxygen atoms in total. The summed E-state index contributed by atoms with van der Waals surface area (Å²) in [5, 5.41) is 0. The Kier molecular flexibility index (Phi) is 11.0. The van der Waals surface area contributed by atoms with Crippen LogP contribution in [-0.4, -0.2) is 77.3 Å². The van der Waals surface area contributed by atoms with Gasteiger partial charge in [-0.3, -0.25) is 8.42 Å². The van der Waals surface area contributed by atoms with Crippen LogP contribution in [0.25, 0.3) is 34.9 Å². The molecule has 6 aromatic rings. The van der Waals surface area contributed by atoms with E-state index in [1.165, 1.54) is 0 Å². The van der Waals surface area contributed by atoms with E-state index in [1.807, 2.05) is 0 Å². The van der Waals surface area contributed by atoms with Crippen molar-refractivity contribution >= 4 is 10.4 Å². The molecule has 0 spiro atoms. The van der Waals surface area contributed by atoms with Gasteiger partial charge in [0.1, 0.15) is 0 Å². The molecule has 0 bridgehead atoms. The Balaban J connectivity index is 0.000000172. The Morgan fingerprint density at radius 2 is 0.583 bits per heavy atom. The molecule has 1 radical (unpaired) electrons. The van der Waals surface area contributed by atoms with Crippen LogP contribution in [-0.2, 0) is 27.5 Å². The second-order valence-electron chi connectivity index (χ2n) is 6.03. The second kappa shape index (κ2) is 14.1. The minimum absolute atomic E-state index is 0. The smallest absolute Gasteiger partial charge is 0.759 e. The van der Waals surface area contributed by atoms with Crippen LogP contribution in [0.3, 0.4) is 0 Å². The van der Waals surface area contributed by atoms with Gasteiger partial charge in [-0.15, -0.1) is 0 Å². The monoisotopic (exact) mass is 553 g/mol. The average molecular weight is 553 g/mol. The van der Waals surface area contributed by atoms with E-state index in [-0.39, 0.29) is 17.1 Å². The van der Waals surface area contributed by atoms with Gasteiger partial charge in [-0.25, -0.2) is 29.9 Å². The molecule has 6 N–H and O–H groups in total. The van der Waals surface area contributed by atoms with Gasteiger partial charge in [0.2, 0.25) is 0 Å². The van der Waals surface area contributed by atoms with E-state index >= 15 is 0 Å². The first-order valence-corrected chi connectivity index (χ1v) is 10.9. The Morgan fingerprint density at radius 3 is 0.667 bits per heavy atom. The number of H-pyrrole nitrogens is 6. The Morgan fingerprint density at radius 1 is 0.444 bits per heavy atom. The third kappa shape index (κ3) is 9.87. The molecular weight excluding hydrogens is 535 g/mol. The average Bonchev–Trinajstić information content (AvgIpc) is 3.70. The van der Waals surface area contributed by atoms with Crippen molar-refractivity contribution in [2.75, 3.05) is 0 Å². The predicted octanol–water partition coefficient (Wildman–Crippen LogP) is 1.06. The molecule has 0 aliphatic rings. The molecule has 0 unspecified atom stereocenters. The summed E-state index contributed by atoms with van der Waals surface area (Å²) in [6.07, 6.45) is 20.7. The topological polar surface area (TPSA) is 252 Å². The first-order chi connectivity index (χ1) is 16.9. The quantitative estimate of drug-likeness (QED) is 0.103. The van der Waals surface area contributed by atoms with Crippen molar-refractivity contribution in [2.45, 2.75) is 0 Å². The first-order valence-electron chi connectivity index (χ1n) is 9.54. The van der Waals surface area contributed by atoms with Crippen LogP contribution in [0.2, 0.25) is 0 Å². The van der Waals surface area contributed by atoms with E-state index in [9.17, 15) is 0 Å². The Labute approximate surface area is 214 Å². The fourth-order valence-corrected chi connectivity index (χ4v) is 2.37. The van der Waals surface area contributed by atoms with Gasteiger partial charge < -0.3 is 39.0 Å². The Hall–Kier alpha value is -4.35. The van der Waals surface area contributed by atoms with Crippen molar-refractivity contribution in [3.63, 3.8) is 0 Å². The zero-order valence-corrected chi connectivity index (χ0v) is 20.0. The maximum absolute atomic E-state index is 8.52. The van der Waals surface area contributed by atoms with Gasteiger partial charge in [-0.1, -0.05) is 0 Å². The van der Waals surface area contributed by atoms with Crippen LogP contribution in [0.15, 0.2) is 74.4 Å². The second-order valence-corrected chi connectivity index (χ2v) is 6.85. The summed E-state index contributed by atoms with van der Waals surface area (Å²) < 4.78 is 34.1. The standard InChI is InChI=1S/3C6H6N4.Mn.H2O4S/c3*1-2-8-5(7-1)6-9-3-4-10-6;;1-5(2,3)4/h3*1-4H,(H,7,8)(H,9,10);;(H2,1,2,3,4)/q;;;+2;/p-2. The van der Waals surface area contributed by atoms with Crippen LogP contribution < -0.4 is 0 Å². The number of hydrogen-bond acceptors (Lipinski definition) is 10. The summed E-state index contributed by atoms with van der Waals surface area (Å²) in [5.74, 6) is 4.61. The van der Waals surface area contributed by atoms with E-state index in [0.717, 1.165) is 34.9 Å². The summed E-state index contributed by atoms with van der Waals surface area (Å²) in [6.45, 7) is 0. The summed E-state index contributed by atoms with van der Waals surface area (Å²) >= 11 is 0. The molecule has 6 rings (SSSR count). The van der Waals surface area contributed by atoms with E-state index in [1.54, 1.807) is 74.4 Å². The van der Waals surface area contributed by atoms with Crippen molar-refractivity contribution in [1.29, 1.82) is 0 Å². The van der Waals surface area contributed by atoms with E-state index in [0.29, 0.717) is 0 Å². The largest absolute Gasteiger partial charge is 2.00 e. The number of nitrogens with one attached hydrogen (secondary N) is 6. The normalized spacial score (nSPS) is 9.94. The van der Waals surface area contributed by atoms with Gasteiger partial charge >= 0.3 is 17.1 Å². The maximum atomic E-state index is 8.52.